The van der Waals surface area contributed by atoms with Crippen molar-refractivity contribution in [3.63, 3.8) is 0 Å². The predicted molar refractivity (Wildman–Crippen MR) is 113 cm³/mol. The third-order valence-corrected chi connectivity index (χ3v) is 5.92. The van der Waals surface area contributed by atoms with Gasteiger partial charge in [0, 0.05) is 16.5 Å². The maximum absolute atomic E-state index is 12.0. The van der Waals surface area contributed by atoms with Crippen LogP contribution in [0, 0.1) is 0 Å². The highest BCUT2D eigenvalue weighted by Crippen LogP contribution is 2.45. The Morgan fingerprint density at radius 2 is 1.90 bits per heavy atom. The summed E-state index contributed by atoms with van der Waals surface area (Å²) in [5, 5.41) is 1.11. The zero-order chi connectivity index (χ0) is 20.4. The fourth-order valence-electron chi connectivity index (χ4n) is 4.56. The number of fused-ring (bicyclic) bond motifs is 1. The van der Waals surface area contributed by atoms with Crippen LogP contribution in [-0.4, -0.2) is 31.5 Å². The first-order chi connectivity index (χ1) is 14.2. The summed E-state index contributed by atoms with van der Waals surface area (Å²) in [5.74, 6) is 0.642. The summed E-state index contributed by atoms with van der Waals surface area (Å²) in [7, 11) is 2.97. The lowest BCUT2D eigenvalue weighted by Crippen LogP contribution is -2.06. The van der Waals surface area contributed by atoms with E-state index in [1.807, 2.05) is 30.3 Å². The van der Waals surface area contributed by atoms with Gasteiger partial charge < -0.3 is 14.5 Å². The van der Waals surface area contributed by atoms with Gasteiger partial charge in [-0.3, -0.25) is 4.79 Å². The summed E-state index contributed by atoms with van der Waals surface area (Å²) in [6, 6.07) is 11.3. The van der Waals surface area contributed by atoms with Crippen LogP contribution < -0.4 is 4.74 Å². The first-order valence-electron chi connectivity index (χ1n) is 10.0. The summed E-state index contributed by atoms with van der Waals surface area (Å²) in [6.45, 7) is 0. The Morgan fingerprint density at radius 3 is 2.59 bits per heavy atom. The van der Waals surface area contributed by atoms with Gasteiger partial charge in [0.25, 0.3) is 0 Å². The summed E-state index contributed by atoms with van der Waals surface area (Å²) >= 11 is 0. The van der Waals surface area contributed by atoms with Gasteiger partial charge in [0.15, 0.2) is 6.29 Å². The zero-order valence-corrected chi connectivity index (χ0v) is 16.8. The molecule has 0 unspecified atom stereocenters. The lowest BCUT2D eigenvalue weighted by Gasteiger charge is -2.23. The van der Waals surface area contributed by atoms with Gasteiger partial charge in [-0.05, 0) is 48.6 Å². The highest BCUT2D eigenvalue weighted by molar-refractivity contribution is 5.99. The van der Waals surface area contributed by atoms with Crippen LogP contribution in [0.15, 0.2) is 36.4 Å². The lowest BCUT2D eigenvalue weighted by atomic mass is 9.81. The van der Waals surface area contributed by atoms with Crippen LogP contribution in [0.25, 0.3) is 22.2 Å². The summed E-state index contributed by atoms with van der Waals surface area (Å²) in [5.41, 5.74) is 5.01. The molecule has 4 rings (SSSR count). The third kappa shape index (κ3) is 3.41. The van der Waals surface area contributed by atoms with Crippen LogP contribution >= 0.6 is 0 Å². The number of ether oxygens (including phenoxy) is 2. The number of hydrogen-bond acceptors (Lipinski definition) is 4. The molecule has 0 amide bonds. The molecular formula is C24H25NO4. The SMILES string of the molecule is COC(=O)c1ccc2c(C3CCCCC3)c(-c3cccc(C=O)c3OC)[nH]c2c1. The Balaban J connectivity index is 1.97. The highest BCUT2D eigenvalue weighted by Gasteiger charge is 2.26. The van der Waals surface area contributed by atoms with Crippen LogP contribution in [0.5, 0.6) is 5.75 Å². The molecule has 0 radical (unpaired) electrons. The van der Waals surface area contributed by atoms with Gasteiger partial charge in [-0.15, -0.1) is 0 Å². The number of esters is 1. The Kier molecular flexibility index (Phi) is 5.38. The normalized spacial score (nSPS) is 14.7. The molecule has 0 aliphatic heterocycles. The van der Waals surface area contributed by atoms with Crippen molar-refractivity contribution >= 4 is 23.2 Å². The van der Waals surface area contributed by atoms with E-state index in [9.17, 15) is 9.59 Å². The van der Waals surface area contributed by atoms with Gasteiger partial charge in [0.05, 0.1) is 31.0 Å². The second kappa shape index (κ2) is 8.11. The number of hydrogen-bond donors (Lipinski definition) is 1. The molecule has 5 heteroatoms. The molecule has 1 N–H and O–H groups in total. The standard InChI is InChI=1S/C24H25NO4/c1-28-23-17(14-26)9-6-10-19(23)22-21(15-7-4-3-5-8-15)18-12-11-16(24(27)29-2)13-20(18)25-22/h6,9-15,25H,3-5,7-8H2,1-2H3. The first kappa shape index (κ1) is 19.2. The largest absolute Gasteiger partial charge is 0.495 e. The first-order valence-corrected chi connectivity index (χ1v) is 10.0. The van der Waals surface area contributed by atoms with Crippen LogP contribution in [0.1, 0.15) is 64.3 Å². The number of benzene rings is 2. The maximum Gasteiger partial charge on any atom is 0.337 e. The molecule has 1 aromatic heterocycles. The highest BCUT2D eigenvalue weighted by atomic mass is 16.5. The third-order valence-electron chi connectivity index (χ3n) is 5.92. The van der Waals surface area contributed by atoms with E-state index in [1.165, 1.54) is 31.9 Å². The molecule has 0 saturated heterocycles. The molecule has 1 aliphatic rings. The van der Waals surface area contributed by atoms with Crippen LogP contribution in [-0.2, 0) is 4.74 Å². The second-order valence-corrected chi connectivity index (χ2v) is 7.55. The van der Waals surface area contributed by atoms with Gasteiger partial charge in [0.1, 0.15) is 5.75 Å². The van der Waals surface area contributed by atoms with Crippen molar-refractivity contribution < 1.29 is 19.1 Å². The summed E-state index contributed by atoms with van der Waals surface area (Å²) in [6.07, 6.45) is 6.78. The predicted octanol–water partition coefficient (Wildman–Crippen LogP) is 5.49. The molecular weight excluding hydrogens is 366 g/mol. The van der Waals surface area contributed by atoms with Crippen LogP contribution in [0.3, 0.4) is 0 Å². The smallest absolute Gasteiger partial charge is 0.337 e. The molecule has 0 atom stereocenters. The molecule has 1 heterocycles. The number of carbonyl (C=O) groups is 2. The molecule has 2 aromatic carbocycles. The Labute approximate surface area is 170 Å². The van der Waals surface area contributed by atoms with Crippen LogP contribution in [0.2, 0.25) is 0 Å². The average Bonchev–Trinajstić information content (AvgIpc) is 3.16. The minimum Gasteiger partial charge on any atom is -0.495 e. The van der Waals surface area contributed by atoms with Gasteiger partial charge in [0.2, 0.25) is 0 Å². The molecule has 0 bridgehead atoms. The lowest BCUT2D eigenvalue weighted by molar-refractivity contribution is 0.0601. The quantitative estimate of drug-likeness (QED) is 0.461. The van der Waals surface area contributed by atoms with Crippen molar-refractivity contribution in [3.05, 3.63) is 53.1 Å². The molecule has 29 heavy (non-hydrogen) atoms. The summed E-state index contributed by atoms with van der Waals surface area (Å²) < 4.78 is 10.5. The number of nitrogens with one attached hydrogen (secondary N) is 1. The van der Waals surface area contributed by atoms with E-state index in [2.05, 4.69) is 4.98 Å². The van der Waals surface area contributed by atoms with E-state index in [4.69, 9.17) is 9.47 Å². The van der Waals surface area contributed by atoms with E-state index in [0.717, 1.165) is 41.3 Å². The molecule has 1 saturated carbocycles. The van der Waals surface area contributed by atoms with E-state index in [1.54, 1.807) is 13.2 Å². The van der Waals surface area contributed by atoms with E-state index in [0.29, 0.717) is 22.8 Å². The minimum absolute atomic E-state index is 0.359. The maximum atomic E-state index is 12.0. The number of carbonyl (C=O) groups excluding carboxylic acids is 2. The minimum atomic E-state index is -0.359. The molecule has 150 valence electrons. The second-order valence-electron chi connectivity index (χ2n) is 7.55. The number of aromatic nitrogens is 1. The van der Waals surface area contributed by atoms with Crippen molar-refractivity contribution in [3.8, 4) is 17.0 Å². The van der Waals surface area contributed by atoms with Crippen molar-refractivity contribution in [2.75, 3.05) is 14.2 Å². The van der Waals surface area contributed by atoms with Crippen LogP contribution in [0.4, 0.5) is 0 Å². The summed E-state index contributed by atoms with van der Waals surface area (Å²) in [4.78, 5) is 27.1. The number of aldehydes is 1. The number of methoxy groups -OCH3 is 2. The topological polar surface area (TPSA) is 68.4 Å². The number of aromatic amines is 1. The fourth-order valence-corrected chi connectivity index (χ4v) is 4.56. The van der Waals surface area contributed by atoms with Crippen molar-refractivity contribution in [2.45, 2.75) is 38.0 Å². The van der Waals surface area contributed by atoms with Gasteiger partial charge in [-0.2, -0.15) is 0 Å². The number of H-pyrrole nitrogens is 1. The molecule has 5 nitrogen and oxygen atoms in total. The van der Waals surface area contributed by atoms with Gasteiger partial charge >= 0.3 is 5.97 Å². The Hall–Kier alpha value is -3.08. The molecule has 1 fully saturated rings. The number of para-hydroxylation sites is 1. The molecule has 3 aromatic rings. The Morgan fingerprint density at radius 1 is 1.10 bits per heavy atom. The van der Waals surface area contributed by atoms with Crippen molar-refractivity contribution in [1.82, 2.24) is 4.98 Å². The van der Waals surface area contributed by atoms with Crippen molar-refractivity contribution in [1.29, 1.82) is 0 Å². The monoisotopic (exact) mass is 391 g/mol. The average molecular weight is 391 g/mol. The van der Waals surface area contributed by atoms with E-state index in [-0.39, 0.29) is 5.97 Å². The van der Waals surface area contributed by atoms with E-state index < -0.39 is 0 Å². The van der Waals surface area contributed by atoms with E-state index >= 15 is 0 Å². The molecule has 1 aliphatic carbocycles. The Bertz CT molecular complexity index is 1060. The zero-order valence-electron chi connectivity index (χ0n) is 16.8. The van der Waals surface area contributed by atoms with Gasteiger partial charge in [-0.25, -0.2) is 4.79 Å². The fraction of sp³-hybridized carbons (Fsp3) is 0.333. The van der Waals surface area contributed by atoms with Gasteiger partial charge in [-0.1, -0.05) is 31.4 Å². The number of rotatable bonds is 5. The molecule has 0 spiro atoms. The van der Waals surface area contributed by atoms with Crippen molar-refractivity contribution in [2.24, 2.45) is 0 Å².